The van der Waals surface area contributed by atoms with E-state index in [1.54, 1.807) is 6.33 Å². The van der Waals surface area contributed by atoms with E-state index in [2.05, 4.69) is 55.9 Å². The van der Waals surface area contributed by atoms with Gasteiger partial charge >= 0.3 is 0 Å². The molecule has 10 heteroatoms. The predicted octanol–water partition coefficient (Wildman–Crippen LogP) is 3.98. The van der Waals surface area contributed by atoms with Crippen molar-refractivity contribution in [3.63, 3.8) is 0 Å². The maximum atomic E-state index is 12.2. The number of anilines is 4. The Balaban J connectivity index is 1.29. The Morgan fingerprint density at radius 2 is 1.85 bits per heavy atom. The van der Waals surface area contributed by atoms with Crippen molar-refractivity contribution in [3.8, 4) is 0 Å². The molecule has 6 rings (SSSR count). The molecule has 39 heavy (non-hydrogen) atoms. The summed E-state index contributed by atoms with van der Waals surface area (Å²) in [5.41, 5.74) is 4.64. The molecule has 1 amide bonds. The Morgan fingerprint density at radius 1 is 1.05 bits per heavy atom. The van der Waals surface area contributed by atoms with Crippen LogP contribution >= 0.6 is 0 Å². The van der Waals surface area contributed by atoms with Gasteiger partial charge in [-0.05, 0) is 42.3 Å². The van der Waals surface area contributed by atoms with Crippen molar-refractivity contribution >= 4 is 40.2 Å². The highest BCUT2D eigenvalue weighted by atomic mass is 16.5. The van der Waals surface area contributed by atoms with Crippen molar-refractivity contribution < 1.29 is 9.53 Å². The number of nitrogens with zero attached hydrogens (tertiary/aromatic N) is 6. The van der Waals surface area contributed by atoms with E-state index in [-0.39, 0.29) is 11.9 Å². The highest BCUT2D eigenvalue weighted by Crippen LogP contribution is 2.30. The van der Waals surface area contributed by atoms with Crippen LogP contribution in [0.15, 0.2) is 73.6 Å². The third-order valence-corrected chi connectivity index (χ3v) is 7.27. The van der Waals surface area contributed by atoms with Crippen LogP contribution in [0, 0.1) is 0 Å². The van der Waals surface area contributed by atoms with E-state index in [0.29, 0.717) is 36.9 Å². The molecule has 0 aliphatic carbocycles. The number of ether oxygens (including phenoxy) is 1. The van der Waals surface area contributed by atoms with Crippen LogP contribution in [0.3, 0.4) is 0 Å². The minimum absolute atomic E-state index is 0.0513. The third-order valence-electron chi connectivity index (χ3n) is 7.27. The van der Waals surface area contributed by atoms with Crippen molar-refractivity contribution in [1.29, 1.82) is 0 Å². The molecule has 2 aromatic carbocycles. The number of rotatable bonds is 8. The summed E-state index contributed by atoms with van der Waals surface area (Å²) in [5.74, 6) is 1.09. The molecule has 200 valence electrons. The van der Waals surface area contributed by atoms with Crippen LogP contribution in [0.25, 0.3) is 11.2 Å². The molecule has 2 aliphatic heterocycles. The first-order chi connectivity index (χ1) is 19.2. The summed E-state index contributed by atoms with van der Waals surface area (Å²) in [6.07, 6.45) is 4.00. The molecule has 2 aromatic heterocycles. The number of amides is 1. The van der Waals surface area contributed by atoms with E-state index in [4.69, 9.17) is 14.7 Å². The van der Waals surface area contributed by atoms with Crippen molar-refractivity contribution in [2.45, 2.75) is 19.0 Å². The molecule has 1 atom stereocenters. The minimum Gasteiger partial charge on any atom is -0.378 e. The highest BCUT2D eigenvalue weighted by molar-refractivity contribution is 5.87. The maximum absolute atomic E-state index is 12.2. The number of imidazole rings is 1. The zero-order valence-electron chi connectivity index (χ0n) is 21.8. The van der Waals surface area contributed by atoms with Crippen LogP contribution in [-0.2, 0) is 16.1 Å². The molecule has 0 bridgehead atoms. The van der Waals surface area contributed by atoms with Crippen LogP contribution in [0.5, 0.6) is 0 Å². The van der Waals surface area contributed by atoms with Crippen molar-refractivity contribution in [2.24, 2.45) is 0 Å². The van der Waals surface area contributed by atoms with Gasteiger partial charge in [-0.1, -0.05) is 36.9 Å². The molecule has 4 aromatic rings. The molecule has 0 saturated carbocycles. The van der Waals surface area contributed by atoms with Gasteiger partial charge in [0.25, 0.3) is 0 Å². The molecule has 2 saturated heterocycles. The number of aromatic nitrogens is 4. The largest absolute Gasteiger partial charge is 0.378 e. The highest BCUT2D eigenvalue weighted by Gasteiger charge is 2.28. The normalized spacial score (nSPS) is 17.4. The summed E-state index contributed by atoms with van der Waals surface area (Å²) in [5, 5.41) is 6.84. The number of nitrogens with one attached hydrogen (secondary N) is 2. The predicted molar refractivity (Wildman–Crippen MR) is 152 cm³/mol. The Kier molecular flexibility index (Phi) is 7.09. The Labute approximate surface area is 227 Å². The number of hydrogen-bond acceptors (Lipinski definition) is 8. The topological polar surface area (TPSA) is 100 Å². The van der Waals surface area contributed by atoms with Crippen LogP contribution < -0.4 is 15.5 Å². The van der Waals surface area contributed by atoms with Gasteiger partial charge in [0.1, 0.15) is 0 Å². The fraction of sp³-hybridized carbons (Fsp3) is 0.310. The second-order valence-electron chi connectivity index (χ2n) is 9.76. The van der Waals surface area contributed by atoms with E-state index in [1.165, 1.54) is 11.8 Å². The zero-order chi connectivity index (χ0) is 26.6. The van der Waals surface area contributed by atoms with E-state index < -0.39 is 0 Å². The van der Waals surface area contributed by atoms with Gasteiger partial charge in [0.05, 0.1) is 25.6 Å². The summed E-state index contributed by atoms with van der Waals surface area (Å²) < 4.78 is 7.54. The number of morpholine rings is 1. The zero-order valence-corrected chi connectivity index (χ0v) is 21.8. The Morgan fingerprint density at radius 3 is 2.62 bits per heavy atom. The van der Waals surface area contributed by atoms with Gasteiger partial charge < -0.3 is 29.7 Å². The molecule has 4 heterocycles. The monoisotopic (exact) mass is 524 g/mol. The first-order valence-corrected chi connectivity index (χ1v) is 13.3. The number of benzene rings is 2. The van der Waals surface area contributed by atoms with E-state index in [0.717, 1.165) is 49.6 Å². The summed E-state index contributed by atoms with van der Waals surface area (Å²) in [6, 6.07) is 18.6. The third kappa shape index (κ3) is 5.42. The van der Waals surface area contributed by atoms with Gasteiger partial charge in [-0.2, -0.15) is 9.97 Å². The lowest BCUT2D eigenvalue weighted by atomic mass is 10.2. The van der Waals surface area contributed by atoms with Crippen LogP contribution in [0.2, 0.25) is 0 Å². The maximum Gasteiger partial charge on any atom is 0.246 e. The molecule has 2 N–H and O–H groups in total. The molecule has 0 spiro atoms. The van der Waals surface area contributed by atoms with Crippen molar-refractivity contribution in [1.82, 2.24) is 24.4 Å². The van der Waals surface area contributed by atoms with E-state index in [9.17, 15) is 4.79 Å². The lowest BCUT2D eigenvalue weighted by Crippen LogP contribution is -2.36. The summed E-state index contributed by atoms with van der Waals surface area (Å²) in [4.78, 5) is 30.7. The van der Waals surface area contributed by atoms with Crippen LogP contribution in [0.1, 0.15) is 18.0 Å². The van der Waals surface area contributed by atoms with Crippen molar-refractivity contribution in [3.05, 3.63) is 79.1 Å². The average Bonchev–Trinajstić information content (AvgIpc) is 3.65. The van der Waals surface area contributed by atoms with Gasteiger partial charge in [-0.25, -0.2) is 4.98 Å². The average molecular weight is 525 g/mol. The molecule has 10 nitrogen and oxygen atoms in total. The Hall–Kier alpha value is -4.44. The fourth-order valence-electron chi connectivity index (χ4n) is 5.15. The van der Waals surface area contributed by atoms with Crippen LogP contribution in [0.4, 0.5) is 23.1 Å². The SMILES string of the molecule is C=CC(=O)N1CC[C@@H](n2cnc3c(NCc4ccccc4)nc(Nc4ccc(N5CCOCC5)cc4)nc32)C1. The first kappa shape index (κ1) is 24.9. The number of likely N-dealkylation sites (tertiary alicyclic amines) is 1. The minimum atomic E-state index is -0.0513. The quantitative estimate of drug-likeness (QED) is 0.334. The second-order valence-corrected chi connectivity index (χ2v) is 9.76. The number of carbonyl (C=O) groups is 1. The van der Waals surface area contributed by atoms with Gasteiger partial charge in [0, 0.05) is 44.1 Å². The Bertz CT molecular complexity index is 1450. The summed E-state index contributed by atoms with van der Waals surface area (Å²) >= 11 is 0. The molecule has 0 radical (unpaired) electrons. The van der Waals surface area contributed by atoms with E-state index in [1.807, 2.05) is 35.2 Å². The molecule has 0 unspecified atom stereocenters. The fourth-order valence-corrected chi connectivity index (χ4v) is 5.15. The first-order valence-electron chi connectivity index (χ1n) is 13.3. The lowest BCUT2D eigenvalue weighted by Gasteiger charge is -2.28. The summed E-state index contributed by atoms with van der Waals surface area (Å²) in [7, 11) is 0. The molecular formula is C29H32N8O2. The second kappa shape index (κ2) is 11.1. The van der Waals surface area contributed by atoms with Crippen molar-refractivity contribution in [2.75, 3.05) is 54.9 Å². The molecule has 2 aliphatic rings. The van der Waals surface area contributed by atoms with Gasteiger partial charge in [0.2, 0.25) is 11.9 Å². The van der Waals surface area contributed by atoms with Gasteiger partial charge in [-0.3, -0.25) is 4.79 Å². The lowest BCUT2D eigenvalue weighted by molar-refractivity contribution is -0.125. The standard InChI is InChI=1S/C29H32N8O2/c1-2-25(38)36-13-12-24(19-36)37-20-31-26-27(30-18-21-6-4-3-5-7-21)33-29(34-28(26)37)32-22-8-10-23(11-9-22)35-14-16-39-17-15-35/h2-11,20,24H,1,12-19H2,(H2,30,32,33,34)/t24-/m1/s1. The molecular weight excluding hydrogens is 492 g/mol. The number of hydrogen-bond donors (Lipinski definition) is 2. The van der Waals surface area contributed by atoms with Gasteiger partial charge in [0.15, 0.2) is 17.0 Å². The van der Waals surface area contributed by atoms with Gasteiger partial charge in [-0.15, -0.1) is 0 Å². The number of fused-ring (bicyclic) bond motifs is 1. The van der Waals surface area contributed by atoms with Crippen LogP contribution in [-0.4, -0.2) is 69.7 Å². The number of carbonyl (C=O) groups excluding carboxylic acids is 1. The smallest absolute Gasteiger partial charge is 0.246 e. The van der Waals surface area contributed by atoms with E-state index >= 15 is 0 Å². The molecule has 2 fully saturated rings. The summed E-state index contributed by atoms with van der Waals surface area (Å²) in [6.45, 7) is 8.80.